The van der Waals surface area contributed by atoms with E-state index in [-0.39, 0.29) is 17.6 Å². The van der Waals surface area contributed by atoms with Gasteiger partial charge in [0.05, 0.1) is 6.10 Å². The van der Waals surface area contributed by atoms with Gasteiger partial charge in [0.25, 0.3) is 0 Å². The summed E-state index contributed by atoms with van der Waals surface area (Å²) in [5.41, 5.74) is 0.0724. The van der Waals surface area contributed by atoms with Crippen molar-refractivity contribution >= 4 is 22.6 Å². The Labute approximate surface area is 116 Å². The van der Waals surface area contributed by atoms with Crippen LogP contribution >= 0.6 is 22.6 Å². The van der Waals surface area contributed by atoms with Gasteiger partial charge in [-0.1, -0.05) is 12.8 Å². The Hall–Kier alpha value is -0.290. The first-order chi connectivity index (χ1) is 8.21. The van der Waals surface area contributed by atoms with Gasteiger partial charge in [0.15, 0.2) is 0 Å². The number of aliphatic hydroxyl groups is 1. The molecule has 1 spiro atoms. The van der Waals surface area contributed by atoms with Crippen LogP contribution in [0.2, 0.25) is 0 Å². The molecule has 1 aromatic carbocycles. The fourth-order valence-corrected chi connectivity index (χ4v) is 3.62. The van der Waals surface area contributed by atoms with Crippen LogP contribution in [0.4, 0.5) is 0 Å². The van der Waals surface area contributed by atoms with Crippen LogP contribution in [0.3, 0.4) is 0 Å². The Morgan fingerprint density at radius 1 is 1.18 bits per heavy atom. The predicted molar refractivity (Wildman–Crippen MR) is 75.1 cm³/mol. The maximum Gasteiger partial charge on any atom is 0.119 e. The molecule has 2 saturated carbocycles. The van der Waals surface area contributed by atoms with Crippen molar-refractivity contribution in [2.24, 2.45) is 5.41 Å². The largest absolute Gasteiger partial charge is 0.490 e. The van der Waals surface area contributed by atoms with E-state index in [1.807, 2.05) is 12.1 Å². The molecule has 17 heavy (non-hydrogen) atoms. The summed E-state index contributed by atoms with van der Waals surface area (Å²) in [6, 6.07) is 8.17. The lowest BCUT2D eigenvalue weighted by Crippen LogP contribution is -2.58. The second kappa shape index (κ2) is 4.43. The van der Waals surface area contributed by atoms with Gasteiger partial charge in [-0.05, 0) is 59.7 Å². The fourth-order valence-electron chi connectivity index (χ4n) is 3.26. The zero-order valence-electron chi connectivity index (χ0n) is 9.73. The van der Waals surface area contributed by atoms with Crippen molar-refractivity contribution in [3.05, 3.63) is 27.8 Å². The molecule has 2 fully saturated rings. The number of hydrogen-bond donors (Lipinski definition) is 1. The third-order valence-electron chi connectivity index (χ3n) is 4.37. The normalized spacial score (nSPS) is 30.2. The Morgan fingerprint density at radius 2 is 1.82 bits per heavy atom. The van der Waals surface area contributed by atoms with Crippen LogP contribution in [0.25, 0.3) is 0 Å². The SMILES string of the molecule is OC1CC(Oc2ccc(I)cc2)C12CCCC2. The van der Waals surface area contributed by atoms with Crippen LogP contribution in [0.15, 0.2) is 24.3 Å². The van der Waals surface area contributed by atoms with Crippen molar-refractivity contribution < 1.29 is 9.84 Å². The van der Waals surface area contributed by atoms with Crippen molar-refractivity contribution in [3.63, 3.8) is 0 Å². The number of hydrogen-bond acceptors (Lipinski definition) is 2. The van der Waals surface area contributed by atoms with Crippen LogP contribution in [-0.2, 0) is 0 Å². The van der Waals surface area contributed by atoms with E-state index in [1.54, 1.807) is 0 Å². The highest BCUT2D eigenvalue weighted by atomic mass is 127. The van der Waals surface area contributed by atoms with Crippen LogP contribution in [-0.4, -0.2) is 17.3 Å². The summed E-state index contributed by atoms with van der Waals surface area (Å²) >= 11 is 2.29. The van der Waals surface area contributed by atoms with Crippen molar-refractivity contribution in [2.75, 3.05) is 0 Å². The number of ether oxygens (including phenoxy) is 1. The Bertz CT molecular complexity index is 395. The first kappa shape index (κ1) is 11.8. The molecule has 0 saturated heterocycles. The first-order valence-electron chi connectivity index (χ1n) is 6.31. The standard InChI is InChI=1S/C14H17IO2/c15-10-3-5-11(6-4-10)17-13-9-12(16)14(13)7-1-2-8-14/h3-6,12-13,16H,1-2,7-9H2. The van der Waals surface area contributed by atoms with E-state index >= 15 is 0 Å². The van der Waals surface area contributed by atoms with Gasteiger partial charge in [-0.25, -0.2) is 0 Å². The smallest absolute Gasteiger partial charge is 0.119 e. The molecule has 2 aliphatic carbocycles. The summed E-state index contributed by atoms with van der Waals surface area (Å²) in [5.74, 6) is 0.939. The lowest BCUT2D eigenvalue weighted by molar-refractivity contribution is -0.151. The van der Waals surface area contributed by atoms with Gasteiger partial charge in [-0.2, -0.15) is 0 Å². The fraction of sp³-hybridized carbons (Fsp3) is 0.571. The molecule has 0 bridgehead atoms. The average Bonchev–Trinajstić information content (AvgIpc) is 2.83. The molecule has 1 N–H and O–H groups in total. The van der Waals surface area contributed by atoms with E-state index in [2.05, 4.69) is 34.7 Å². The van der Waals surface area contributed by atoms with Crippen molar-refractivity contribution in [1.82, 2.24) is 0 Å². The number of halogens is 1. The Morgan fingerprint density at radius 3 is 2.41 bits per heavy atom. The van der Waals surface area contributed by atoms with E-state index in [4.69, 9.17) is 4.74 Å². The Balaban J connectivity index is 1.72. The third kappa shape index (κ3) is 1.97. The minimum absolute atomic E-state index is 0.0724. The summed E-state index contributed by atoms with van der Waals surface area (Å²) in [7, 11) is 0. The molecular formula is C14H17IO2. The molecule has 2 atom stereocenters. The van der Waals surface area contributed by atoms with Gasteiger partial charge < -0.3 is 9.84 Å². The molecular weight excluding hydrogens is 327 g/mol. The van der Waals surface area contributed by atoms with Crippen LogP contribution in [0.5, 0.6) is 5.75 Å². The summed E-state index contributed by atoms with van der Waals surface area (Å²) in [6.45, 7) is 0. The van der Waals surface area contributed by atoms with E-state index in [0.29, 0.717) is 0 Å². The highest BCUT2D eigenvalue weighted by Crippen LogP contribution is 2.54. The maximum atomic E-state index is 10.0. The van der Waals surface area contributed by atoms with E-state index in [0.717, 1.165) is 25.0 Å². The first-order valence-corrected chi connectivity index (χ1v) is 7.39. The lowest BCUT2D eigenvalue weighted by atomic mass is 9.62. The molecule has 2 aliphatic rings. The van der Waals surface area contributed by atoms with Crippen LogP contribution in [0.1, 0.15) is 32.1 Å². The quantitative estimate of drug-likeness (QED) is 0.834. The van der Waals surface area contributed by atoms with E-state index < -0.39 is 0 Å². The monoisotopic (exact) mass is 344 g/mol. The van der Waals surface area contributed by atoms with Gasteiger partial charge in [-0.15, -0.1) is 0 Å². The Kier molecular flexibility index (Phi) is 3.07. The minimum atomic E-state index is -0.140. The highest BCUT2D eigenvalue weighted by molar-refractivity contribution is 14.1. The average molecular weight is 344 g/mol. The molecule has 1 aromatic rings. The highest BCUT2D eigenvalue weighted by Gasteiger charge is 2.57. The molecule has 0 heterocycles. The number of aliphatic hydroxyl groups excluding tert-OH is 1. The molecule has 0 aromatic heterocycles. The summed E-state index contributed by atoms with van der Waals surface area (Å²) in [5, 5.41) is 10.0. The van der Waals surface area contributed by atoms with Crippen LogP contribution < -0.4 is 4.74 Å². The van der Waals surface area contributed by atoms with Crippen molar-refractivity contribution in [3.8, 4) is 5.75 Å². The third-order valence-corrected chi connectivity index (χ3v) is 5.09. The maximum absolute atomic E-state index is 10.0. The molecule has 2 nitrogen and oxygen atoms in total. The molecule has 92 valence electrons. The van der Waals surface area contributed by atoms with Crippen molar-refractivity contribution in [1.29, 1.82) is 0 Å². The molecule has 0 radical (unpaired) electrons. The second-order valence-electron chi connectivity index (χ2n) is 5.25. The summed E-state index contributed by atoms with van der Waals surface area (Å²) < 4.78 is 7.27. The van der Waals surface area contributed by atoms with Crippen LogP contribution in [0, 0.1) is 8.99 Å². The zero-order chi connectivity index (χ0) is 11.9. The molecule has 3 heteroatoms. The van der Waals surface area contributed by atoms with Crippen molar-refractivity contribution in [2.45, 2.75) is 44.3 Å². The molecule has 2 unspecified atom stereocenters. The van der Waals surface area contributed by atoms with Gasteiger partial charge >= 0.3 is 0 Å². The van der Waals surface area contributed by atoms with Gasteiger partial charge in [0.1, 0.15) is 11.9 Å². The topological polar surface area (TPSA) is 29.5 Å². The van der Waals surface area contributed by atoms with Gasteiger partial charge in [0, 0.05) is 15.4 Å². The predicted octanol–water partition coefficient (Wildman–Crippen LogP) is 3.36. The summed E-state index contributed by atoms with van der Waals surface area (Å²) in [4.78, 5) is 0. The summed E-state index contributed by atoms with van der Waals surface area (Å²) in [6.07, 6.45) is 5.62. The van der Waals surface area contributed by atoms with Gasteiger partial charge in [0.2, 0.25) is 0 Å². The van der Waals surface area contributed by atoms with Gasteiger partial charge in [-0.3, -0.25) is 0 Å². The van der Waals surface area contributed by atoms with E-state index in [9.17, 15) is 5.11 Å². The number of benzene rings is 1. The molecule has 0 amide bonds. The lowest BCUT2D eigenvalue weighted by Gasteiger charge is -2.51. The molecule has 3 rings (SSSR count). The second-order valence-corrected chi connectivity index (χ2v) is 6.50. The zero-order valence-corrected chi connectivity index (χ0v) is 11.9. The molecule has 0 aliphatic heterocycles. The minimum Gasteiger partial charge on any atom is -0.490 e. The van der Waals surface area contributed by atoms with E-state index in [1.165, 1.54) is 16.4 Å². The number of rotatable bonds is 2.